The fourth-order valence-corrected chi connectivity index (χ4v) is 4.00. The second kappa shape index (κ2) is 10.3. The van der Waals surface area contributed by atoms with Gasteiger partial charge in [-0.2, -0.15) is 0 Å². The zero-order chi connectivity index (χ0) is 19.1. The minimum atomic E-state index is -0.0704. The molecule has 1 fully saturated rings. The van der Waals surface area contributed by atoms with Gasteiger partial charge in [-0.25, -0.2) is 4.39 Å². The molecule has 0 aromatic heterocycles. The molecule has 2 nitrogen and oxygen atoms in total. The van der Waals surface area contributed by atoms with Gasteiger partial charge in [-0.1, -0.05) is 40.0 Å². The van der Waals surface area contributed by atoms with Crippen LogP contribution in [0.15, 0.2) is 12.1 Å². The first-order chi connectivity index (χ1) is 12.4. The highest BCUT2D eigenvalue weighted by Crippen LogP contribution is 2.26. The largest absolute Gasteiger partial charge is 0.367 e. The quantitative estimate of drug-likeness (QED) is 0.547. The summed E-state index contributed by atoms with van der Waals surface area (Å²) in [7, 11) is 0. The summed E-state index contributed by atoms with van der Waals surface area (Å²) in [5.74, 6) is 1.59. The molecule has 26 heavy (non-hydrogen) atoms. The zero-order valence-corrected chi connectivity index (χ0v) is 17.7. The molecule has 0 bridgehead atoms. The Morgan fingerprint density at radius 3 is 2.23 bits per heavy atom. The maximum Gasteiger partial charge on any atom is 0.146 e. The summed E-state index contributed by atoms with van der Waals surface area (Å²) in [4.78, 5) is 4.83. The average Bonchev–Trinajstić information content (AvgIpc) is 2.63. The van der Waals surface area contributed by atoms with Crippen molar-refractivity contribution in [1.29, 1.82) is 0 Å². The smallest absolute Gasteiger partial charge is 0.146 e. The normalized spacial score (nSPS) is 18.2. The first kappa shape index (κ1) is 21.2. The van der Waals surface area contributed by atoms with Gasteiger partial charge in [-0.05, 0) is 61.8 Å². The molecule has 1 aromatic carbocycles. The van der Waals surface area contributed by atoms with E-state index in [0.29, 0.717) is 0 Å². The Hall–Kier alpha value is -1.09. The lowest BCUT2D eigenvalue weighted by Crippen LogP contribution is -2.48. The lowest BCUT2D eigenvalue weighted by Gasteiger charge is -2.38. The van der Waals surface area contributed by atoms with Gasteiger partial charge in [0, 0.05) is 32.7 Å². The van der Waals surface area contributed by atoms with E-state index in [1.165, 1.54) is 44.2 Å². The van der Waals surface area contributed by atoms with Crippen LogP contribution in [-0.4, -0.2) is 37.6 Å². The van der Waals surface area contributed by atoms with Crippen LogP contribution in [0.5, 0.6) is 0 Å². The highest BCUT2D eigenvalue weighted by molar-refractivity contribution is 5.52. The van der Waals surface area contributed by atoms with Crippen LogP contribution in [0.25, 0.3) is 0 Å². The van der Waals surface area contributed by atoms with Crippen LogP contribution in [-0.2, 0) is 0 Å². The Labute approximate surface area is 160 Å². The molecule has 148 valence electrons. The molecule has 2 unspecified atom stereocenters. The molecule has 2 rings (SSSR count). The molecular formula is C23H39FN2. The molecule has 0 saturated carbocycles. The number of hydrogen-bond donors (Lipinski definition) is 0. The van der Waals surface area contributed by atoms with E-state index < -0.39 is 0 Å². The summed E-state index contributed by atoms with van der Waals surface area (Å²) in [6, 6.07) is 3.70. The van der Waals surface area contributed by atoms with Crippen LogP contribution in [0, 0.1) is 31.5 Å². The van der Waals surface area contributed by atoms with Gasteiger partial charge in [0.15, 0.2) is 0 Å². The Kier molecular flexibility index (Phi) is 8.40. The zero-order valence-electron chi connectivity index (χ0n) is 17.7. The van der Waals surface area contributed by atoms with Crippen LogP contribution in [0.3, 0.4) is 0 Å². The maximum absolute atomic E-state index is 14.4. The standard InChI is InChI=1S/C23H39FN2/c1-6-8-21(10-9-18(3)7-2)17-25-11-13-26(14-12-25)23-16-20(5)19(4)15-22(23)24/h15-16,18,21H,6-14,17H2,1-5H3. The third kappa shape index (κ3) is 5.97. The Balaban J connectivity index is 1.87. The predicted molar refractivity (Wildman–Crippen MR) is 112 cm³/mol. The van der Waals surface area contributed by atoms with Crippen molar-refractivity contribution in [2.24, 2.45) is 11.8 Å². The molecule has 0 N–H and O–H groups in total. The van der Waals surface area contributed by atoms with Crippen molar-refractivity contribution in [3.05, 3.63) is 29.1 Å². The van der Waals surface area contributed by atoms with Gasteiger partial charge in [0.2, 0.25) is 0 Å². The van der Waals surface area contributed by atoms with Crippen LogP contribution in [0.4, 0.5) is 10.1 Å². The van der Waals surface area contributed by atoms with Gasteiger partial charge in [0.1, 0.15) is 5.82 Å². The molecule has 0 amide bonds. The molecule has 0 aliphatic carbocycles. The van der Waals surface area contributed by atoms with E-state index in [9.17, 15) is 4.39 Å². The van der Waals surface area contributed by atoms with Crippen molar-refractivity contribution < 1.29 is 4.39 Å². The van der Waals surface area contributed by atoms with E-state index in [2.05, 4.69) is 37.5 Å². The van der Waals surface area contributed by atoms with Gasteiger partial charge in [-0.3, -0.25) is 4.90 Å². The van der Waals surface area contributed by atoms with Crippen LogP contribution in [0.2, 0.25) is 0 Å². The molecule has 1 aliphatic heterocycles. The van der Waals surface area contributed by atoms with Crippen molar-refractivity contribution in [3.8, 4) is 0 Å². The highest BCUT2D eigenvalue weighted by atomic mass is 19.1. The second-order valence-electron chi connectivity index (χ2n) is 8.42. The molecule has 1 aromatic rings. The molecule has 0 spiro atoms. The third-order valence-corrected chi connectivity index (χ3v) is 6.25. The SMILES string of the molecule is CCCC(CCC(C)CC)CN1CCN(c2cc(C)c(C)cc2F)CC1. The van der Waals surface area contributed by atoms with E-state index in [-0.39, 0.29) is 5.82 Å². The lowest BCUT2D eigenvalue weighted by molar-refractivity contribution is 0.200. The molecule has 3 heteroatoms. The lowest BCUT2D eigenvalue weighted by atomic mass is 9.91. The van der Waals surface area contributed by atoms with Gasteiger partial charge in [0.25, 0.3) is 0 Å². The Morgan fingerprint density at radius 2 is 1.62 bits per heavy atom. The number of rotatable bonds is 9. The minimum absolute atomic E-state index is 0.0704. The molecule has 1 saturated heterocycles. The van der Waals surface area contributed by atoms with Crippen molar-refractivity contribution in [3.63, 3.8) is 0 Å². The molecular weight excluding hydrogens is 323 g/mol. The van der Waals surface area contributed by atoms with E-state index in [1.807, 2.05) is 13.0 Å². The Bertz CT molecular complexity index is 549. The van der Waals surface area contributed by atoms with E-state index in [4.69, 9.17) is 0 Å². The van der Waals surface area contributed by atoms with Crippen molar-refractivity contribution in [1.82, 2.24) is 4.90 Å². The fraction of sp³-hybridized carbons (Fsp3) is 0.739. The number of piperazine rings is 1. The molecule has 1 heterocycles. The van der Waals surface area contributed by atoms with E-state index in [0.717, 1.165) is 49.3 Å². The summed E-state index contributed by atoms with van der Waals surface area (Å²) in [5.41, 5.74) is 3.00. The van der Waals surface area contributed by atoms with Crippen molar-refractivity contribution >= 4 is 5.69 Å². The Morgan fingerprint density at radius 1 is 0.962 bits per heavy atom. The van der Waals surface area contributed by atoms with Crippen LogP contribution < -0.4 is 4.90 Å². The number of anilines is 1. The fourth-order valence-electron chi connectivity index (χ4n) is 4.00. The highest BCUT2D eigenvalue weighted by Gasteiger charge is 2.22. The summed E-state index contributed by atoms with van der Waals surface area (Å²) < 4.78 is 14.4. The number of nitrogens with zero attached hydrogens (tertiary/aromatic N) is 2. The average molecular weight is 363 g/mol. The first-order valence-corrected chi connectivity index (χ1v) is 10.7. The van der Waals surface area contributed by atoms with Gasteiger partial charge >= 0.3 is 0 Å². The monoisotopic (exact) mass is 362 g/mol. The summed E-state index contributed by atoms with van der Waals surface area (Å²) in [6.45, 7) is 16.2. The summed E-state index contributed by atoms with van der Waals surface area (Å²) >= 11 is 0. The number of benzene rings is 1. The third-order valence-electron chi connectivity index (χ3n) is 6.25. The number of aryl methyl sites for hydroxylation is 2. The second-order valence-corrected chi connectivity index (χ2v) is 8.42. The van der Waals surface area contributed by atoms with Crippen molar-refractivity contribution in [2.75, 3.05) is 37.6 Å². The number of halogens is 1. The van der Waals surface area contributed by atoms with Crippen LogP contribution in [0.1, 0.15) is 64.0 Å². The molecule has 0 radical (unpaired) electrons. The number of hydrogen-bond acceptors (Lipinski definition) is 2. The van der Waals surface area contributed by atoms with E-state index in [1.54, 1.807) is 6.07 Å². The minimum Gasteiger partial charge on any atom is -0.367 e. The molecule has 2 atom stereocenters. The summed E-state index contributed by atoms with van der Waals surface area (Å²) in [5, 5.41) is 0. The molecule has 1 aliphatic rings. The van der Waals surface area contributed by atoms with Gasteiger partial charge < -0.3 is 4.90 Å². The topological polar surface area (TPSA) is 6.48 Å². The summed E-state index contributed by atoms with van der Waals surface area (Å²) in [6.07, 6.45) is 6.62. The van der Waals surface area contributed by atoms with E-state index >= 15 is 0 Å². The first-order valence-electron chi connectivity index (χ1n) is 10.7. The predicted octanol–water partition coefficient (Wildman–Crippen LogP) is 5.81. The van der Waals surface area contributed by atoms with Gasteiger partial charge in [-0.15, -0.1) is 0 Å². The van der Waals surface area contributed by atoms with Crippen molar-refractivity contribution in [2.45, 2.75) is 66.7 Å². The maximum atomic E-state index is 14.4. The van der Waals surface area contributed by atoms with Crippen LogP contribution >= 0.6 is 0 Å². The van der Waals surface area contributed by atoms with Gasteiger partial charge in [0.05, 0.1) is 5.69 Å².